The highest BCUT2D eigenvalue weighted by Crippen LogP contribution is 2.23. The van der Waals surface area contributed by atoms with Gasteiger partial charge in [-0.2, -0.15) is 4.73 Å². The van der Waals surface area contributed by atoms with Gasteiger partial charge in [0.15, 0.2) is 3.95 Å². The number of nitrogens with zero attached hydrogens (tertiary/aromatic N) is 1. The standard InChI is InChI=1S/C9H6ClNOS2/c10-7-3-1-6(2-4-7)8-5-14-9(13)11(8)12/h1-5,12H. The minimum absolute atomic E-state index is 0.440. The first kappa shape index (κ1) is 9.71. The number of rotatable bonds is 1. The molecule has 0 spiro atoms. The van der Waals surface area contributed by atoms with Gasteiger partial charge < -0.3 is 5.21 Å². The van der Waals surface area contributed by atoms with Gasteiger partial charge in [-0.3, -0.25) is 0 Å². The highest BCUT2D eigenvalue weighted by molar-refractivity contribution is 7.73. The molecule has 0 saturated carbocycles. The highest BCUT2D eigenvalue weighted by atomic mass is 35.5. The fourth-order valence-corrected chi connectivity index (χ4v) is 2.13. The van der Waals surface area contributed by atoms with Crippen LogP contribution in [0.4, 0.5) is 0 Å². The molecule has 0 unspecified atom stereocenters. The van der Waals surface area contributed by atoms with Crippen LogP contribution in [0.15, 0.2) is 29.6 Å². The van der Waals surface area contributed by atoms with Crippen molar-refractivity contribution in [3.63, 3.8) is 0 Å². The molecule has 0 aliphatic rings. The summed E-state index contributed by atoms with van der Waals surface area (Å²) in [6.45, 7) is 0. The Morgan fingerprint density at radius 3 is 2.43 bits per heavy atom. The summed E-state index contributed by atoms with van der Waals surface area (Å²) in [7, 11) is 0. The summed E-state index contributed by atoms with van der Waals surface area (Å²) in [4.78, 5) is 0. The van der Waals surface area contributed by atoms with E-state index in [0.29, 0.717) is 14.7 Å². The molecule has 5 heteroatoms. The molecule has 2 nitrogen and oxygen atoms in total. The molecule has 0 aliphatic heterocycles. The number of thiazole rings is 1. The lowest BCUT2D eigenvalue weighted by molar-refractivity contribution is 0.190. The molecule has 0 bridgehead atoms. The maximum absolute atomic E-state index is 9.55. The first-order chi connectivity index (χ1) is 6.68. The Morgan fingerprint density at radius 1 is 1.29 bits per heavy atom. The van der Waals surface area contributed by atoms with Gasteiger partial charge in [-0.15, -0.1) is 11.3 Å². The molecule has 2 aromatic rings. The molecule has 0 radical (unpaired) electrons. The zero-order valence-corrected chi connectivity index (χ0v) is 9.36. The summed E-state index contributed by atoms with van der Waals surface area (Å²) >= 11 is 12.0. The Balaban J connectivity index is 2.55. The average molecular weight is 244 g/mol. The first-order valence-corrected chi connectivity index (χ1v) is 5.51. The van der Waals surface area contributed by atoms with Gasteiger partial charge in [-0.25, -0.2) is 0 Å². The molecule has 1 heterocycles. The van der Waals surface area contributed by atoms with Crippen LogP contribution in [-0.4, -0.2) is 9.94 Å². The van der Waals surface area contributed by atoms with Crippen molar-refractivity contribution in [3.05, 3.63) is 38.6 Å². The van der Waals surface area contributed by atoms with Crippen LogP contribution < -0.4 is 0 Å². The van der Waals surface area contributed by atoms with Crippen molar-refractivity contribution >= 4 is 35.2 Å². The van der Waals surface area contributed by atoms with Gasteiger partial charge in [0.2, 0.25) is 0 Å². The molecule has 72 valence electrons. The van der Waals surface area contributed by atoms with Crippen molar-refractivity contribution in [2.45, 2.75) is 0 Å². The summed E-state index contributed by atoms with van der Waals surface area (Å²) < 4.78 is 1.44. The molecule has 0 saturated heterocycles. The molecule has 0 atom stereocenters. The molecule has 2 rings (SSSR count). The van der Waals surface area contributed by atoms with E-state index >= 15 is 0 Å². The summed E-state index contributed by atoms with van der Waals surface area (Å²) in [5.74, 6) is 0. The van der Waals surface area contributed by atoms with Crippen molar-refractivity contribution in [3.8, 4) is 11.3 Å². The topological polar surface area (TPSA) is 25.2 Å². The molecular formula is C9H6ClNOS2. The van der Waals surface area contributed by atoms with Gasteiger partial charge in [0, 0.05) is 16.0 Å². The summed E-state index contributed by atoms with van der Waals surface area (Å²) in [6.07, 6.45) is 0. The van der Waals surface area contributed by atoms with E-state index in [1.54, 1.807) is 12.1 Å². The Labute approximate surface area is 95.0 Å². The molecule has 0 aliphatic carbocycles. The van der Waals surface area contributed by atoms with Crippen LogP contribution in [0.1, 0.15) is 0 Å². The van der Waals surface area contributed by atoms with E-state index in [0.717, 1.165) is 10.3 Å². The van der Waals surface area contributed by atoms with Crippen LogP contribution in [0.25, 0.3) is 11.3 Å². The molecule has 14 heavy (non-hydrogen) atoms. The van der Waals surface area contributed by atoms with Crippen molar-refractivity contribution < 1.29 is 5.21 Å². The lowest BCUT2D eigenvalue weighted by atomic mass is 10.2. The quantitative estimate of drug-likeness (QED) is 0.608. The number of halogens is 1. The largest absolute Gasteiger partial charge is 0.426 e. The summed E-state index contributed by atoms with van der Waals surface area (Å²) in [5, 5.41) is 12.0. The first-order valence-electron chi connectivity index (χ1n) is 3.84. The second kappa shape index (κ2) is 3.73. The summed E-state index contributed by atoms with van der Waals surface area (Å²) in [5.41, 5.74) is 1.58. The third-order valence-electron chi connectivity index (χ3n) is 1.81. The fraction of sp³-hybridized carbons (Fsp3) is 0. The van der Waals surface area contributed by atoms with E-state index in [4.69, 9.17) is 23.8 Å². The Bertz CT molecular complexity index is 500. The van der Waals surface area contributed by atoms with Crippen LogP contribution in [0.3, 0.4) is 0 Å². The minimum atomic E-state index is 0.440. The van der Waals surface area contributed by atoms with Gasteiger partial charge in [0.1, 0.15) is 0 Å². The van der Waals surface area contributed by atoms with Gasteiger partial charge >= 0.3 is 0 Å². The number of aromatic nitrogens is 1. The van der Waals surface area contributed by atoms with Gasteiger partial charge in [0.25, 0.3) is 0 Å². The number of hydrogen-bond donors (Lipinski definition) is 1. The minimum Gasteiger partial charge on any atom is -0.426 e. The van der Waals surface area contributed by atoms with Gasteiger partial charge in [0.05, 0.1) is 5.69 Å². The van der Waals surface area contributed by atoms with Crippen LogP contribution in [0.5, 0.6) is 0 Å². The molecule has 0 amide bonds. The third kappa shape index (κ3) is 1.68. The monoisotopic (exact) mass is 243 g/mol. The zero-order chi connectivity index (χ0) is 10.1. The maximum Gasteiger partial charge on any atom is 0.196 e. The Morgan fingerprint density at radius 2 is 1.93 bits per heavy atom. The van der Waals surface area contributed by atoms with Crippen LogP contribution in [-0.2, 0) is 0 Å². The van der Waals surface area contributed by atoms with Crippen LogP contribution >= 0.6 is 35.2 Å². The van der Waals surface area contributed by atoms with Crippen molar-refractivity contribution in [2.24, 2.45) is 0 Å². The molecule has 1 N–H and O–H groups in total. The lowest BCUT2D eigenvalue weighted by Crippen LogP contribution is -1.91. The Hall–Kier alpha value is -0.840. The lowest BCUT2D eigenvalue weighted by Gasteiger charge is -2.00. The van der Waals surface area contributed by atoms with Crippen molar-refractivity contribution in [1.82, 2.24) is 4.73 Å². The smallest absolute Gasteiger partial charge is 0.196 e. The van der Waals surface area contributed by atoms with E-state index in [1.165, 1.54) is 11.3 Å². The van der Waals surface area contributed by atoms with Gasteiger partial charge in [-0.1, -0.05) is 23.7 Å². The highest BCUT2D eigenvalue weighted by Gasteiger charge is 2.04. The second-order valence-electron chi connectivity index (χ2n) is 2.71. The molecule has 1 aromatic heterocycles. The zero-order valence-electron chi connectivity index (χ0n) is 6.98. The summed E-state index contributed by atoms with van der Waals surface area (Å²) in [6, 6.07) is 7.23. The predicted molar refractivity (Wildman–Crippen MR) is 60.8 cm³/mol. The SMILES string of the molecule is On1c(-c2ccc(Cl)cc2)csc1=S. The van der Waals surface area contributed by atoms with Crippen LogP contribution in [0, 0.1) is 3.95 Å². The van der Waals surface area contributed by atoms with E-state index < -0.39 is 0 Å². The molecule has 1 aromatic carbocycles. The van der Waals surface area contributed by atoms with Crippen molar-refractivity contribution in [2.75, 3.05) is 0 Å². The third-order valence-corrected chi connectivity index (χ3v) is 3.24. The maximum atomic E-state index is 9.55. The normalized spacial score (nSPS) is 10.4. The van der Waals surface area contributed by atoms with E-state index in [-0.39, 0.29) is 0 Å². The number of benzene rings is 1. The van der Waals surface area contributed by atoms with Crippen LogP contribution in [0.2, 0.25) is 5.02 Å². The average Bonchev–Trinajstić information content (AvgIpc) is 2.50. The predicted octanol–water partition coefficient (Wildman–Crippen LogP) is 3.84. The van der Waals surface area contributed by atoms with Gasteiger partial charge in [-0.05, 0) is 24.4 Å². The van der Waals surface area contributed by atoms with E-state index in [1.807, 2.05) is 17.5 Å². The molecule has 0 fully saturated rings. The van der Waals surface area contributed by atoms with E-state index in [2.05, 4.69) is 0 Å². The van der Waals surface area contributed by atoms with Crippen molar-refractivity contribution in [1.29, 1.82) is 0 Å². The second-order valence-corrected chi connectivity index (χ2v) is 4.65. The fourth-order valence-electron chi connectivity index (χ4n) is 1.12. The van der Waals surface area contributed by atoms with E-state index in [9.17, 15) is 5.21 Å². The Kier molecular flexibility index (Phi) is 2.58. The number of hydrogen-bond acceptors (Lipinski definition) is 3. The molecular weight excluding hydrogens is 238 g/mol.